The van der Waals surface area contributed by atoms with E-state index in [1.54, 1.807) is 0 Å². The van der Waals surface area contributed by atoms with Crippen LogP contribution in [0.2, 0.25) is 0 Å². The second-order valence-electron chi connectivity index (χ2n) is 4.66. The molecule has 0 spiro atoms. The molecule has 0 amide bonds. The van der Waals surface area contributed by atoms with Crippen LogP contribution in [0.15, 0.2) is 30.4 Å². The smallest absolute Gasteiger partial charge is 0.124 e. The van der Waals surface area contributed by atoms with Crippen molar-refractivity contribution in [3.05, 3.63) is 41.5 Å². The number of hydrogen-bond donors (Lipinski definition) is 0. The van der Waals surface area contributed by atoms with Gasteiger partial charge in [-0.25, -0.2) is 0 Å². The second kappa shape index (κ2) is 6.42. The number of rotatable bonds is 3. The van der Waals surface area contributed by atoms with Gasteiger partial charge in [0.15, 0.2) is 0 Å². The summed E-state index contributed by atoms with van der Waals surface area (Å²) in [6.07, 6.45) is 0. The van der Waals surface area contributed by atoms with Crippen molar-refractivity contribution in [2.24, 2.45) is 0 Å². The molecule has 0 aliphatic heterocycles. The lowest BCUT2D eigenvalue weighted by Gasteiger charge is -2.28. The maximum Gasteiger partial charge on any atom is 0.124 e. The summed E-state index contributed by atoms with van der Waals surface area (Å²) in [4.78, 5) is 0. The normalized spacial score (nSPS) is 9.94. The predicted octanol–water partition coefficient (Wildman–Crippen LogP) is 2.39. The van der Waals surface area contributed by atoms with Crippen LogP contribution >= 0.6 is 0 Å². The molecule has 0 saturated heterocycles. The first-order valence-corrected chi connectivity index (χ1v) is 5.25. The molecule has 0 unspecified atom stereocenters. The molecule has 0 fully saturated rings. The van der Waals surface area contributed by atoms with E-state index in [1.807, 2.05) is 20.8 Å². The Morgan fingerprint density at radius 2 is 1.71 bits per heavy atom. The average molecular weight is 240 g/mol. The minimum atomic E-state index is -0.307. The van der Waals surface area contributed by atoms with Crippen LogP contribution in [0.1, 0.15) is 31.9 Å². The van der Waals surface area contributed by atoms with Crippen LogP contribution in [0.25, 0.3) is 0 Å². The van der Waals surface area contributed by atoms with Crippen LogP contribution in [0.5, 0.6) is 5.75 Å². The first kappa shape index (κ1) is 18.1. The summed E-state index contributed by atoms with van der Waals surface area (Å²) in [5.74, 6) is 0.947. The van der Waals surface area contributed by atoms with Gasteiger partial charge in [0, 0.05) is 0 Å². The molecule has 0 radical (unpaired) electrons. The second-order valence-corrected chi connectivity index (χ2v) is 4.66. The molecule has 98 valence electrons. The van der Waals surface area contributed by atoms with E-state index < -0.39 is 0 Å². The molecule has 0 aromatic heterocycles. The average Bonchev–Trinajstić information content (AvgIpc) is 2.10. The van der Waals surface area contributed by atoms with Gasteiger partial charge in [-0.2, -0.15) is 0 Å². The molecule has 0 aliphatic rings. The Balaban J connectivity index is 0. The lowest BCUT2D eigenvalue weighted by Crippen LogP contribution is -2.29. The van der Waals surface area contributed by atoms with Gasteiger partial charge in [0.2, 0.25) is 0 Å². The van der Waals surface area contributed by atoms with E-state index in [4.69, 9.17) is 4.74 Å². The van der Waals surface area contributed by atoms with Gasteiger partial charge in [0.05, 0.1) is 0 Å². The topological polar surface area (TPSA) is 72.2 Å². The number of hydrogen-bond acceptors (Lipinski definition) is 1. The fraction of sp³-hybridized carbons (Fsp3) is 0.429. The molecule has 3 heteroatoms. The van der Waals surface area contributed by atoms with Gasteiger partial charge in [-0.15, -0.1) is 0 Å². The first-order chi connectivity index (χ1) is 6.83. The van der Waals surface area contributed by atoms with Crippen molar-refractivity contribution in [3.8, 4) is 5.75 Å². The zero-order chi connectivity index (χ0) is 11.6. The fourth-order valence-electron chi connectivity index (χ4n) is 1.18. The Bertz CT molecular complexity index is 381. The summed E-state index contributed by atoms with van der Waals surface area (Å²) in [5, 5.41) is 0. The standard InChI is InChI=1S/C14H20O.2H2O/c1-10(2)14(5,6)15-13-9-11(3)7-8-12(13)4;;/h7-9H,1H2,2-6H3;2*1H2. The van der Waals surface area contributed by atoms with Crippen molar-refractivity contribution in [1.82, 2.24) is 0 Å². The minimum absolute atomic E-state index is 0. The van der Waals surface area contributed by atoms with E-state index in [0.717, 1.165) is 16.9 Å². The van der Waals surface area contributed by atoms with E-state index in [-0.39, 0.29) is 16.6 Å². The lowest BCUT2D eigenvalue weighted by molar-refractivity contribution is 0.148. The molecule has 17 heavy (non-hydrogen) atoms. The van der Waals surface area contributed by atoms with Crippen molar-refractivity contribution >= 4 is 0 Å². The summed E-state index contributed by atoms with van der Waals surface area (Å²) < 4.78 is 5.98. The molecule has 0 atom stereocenters. The van der Waals surface area contributed by atoms with Gasteiger partial charge in [0.25, 0.3) is 0 Å². The maximum atomic E-state index is 5.98. The van der Waals surface area contributed by atoms with Gasteiger partial charge < -0.3 is 15.7 Å². The summed E-state index contributed by atoms with van der Waals surface area (Å²) in [7, 11) is 0. The highest BCUT2D eigenvalue weighted by atomic mass is 16.5. The zero-order valence-electron chi connectivity index (χ0n) is 11.3. The maximum absolute atomic E-state index is 5.98. The highest BCUT2D eigenvalue weighted by Crippen LogP contribution is 2.27. The molecular weight excluding hydrogens is 216 g/mol. The Hall–Kier alpha value is -1.32. The van der Waals surface area contributed by atoms with Gasteiger partial charge in [-0.05, 0) is 57.4 Å². The van der Waals surface area contributed by atoms with E-state index in [1.165, 1.54) is 5.56 Å². The van der Waals surface area contributed by atoms with Crippen molar-refractivity contribution in [3.63, 3.8) is 0 Å². The monoisotopic (exact) mass is 240 g/mol. The quantitative estimate of drug-likeness (QED) is 0.747. The number of ether oxygens (including phenoxy) is 1. The summed E-state index contributed by atoms with van der Waals surface area (Å²) in [6.45, 7) is 14.1. The van der Waals surface area contributed by atoms with Crippen molar-refractivity contribution in [2.45, 2.75) is 40.2 Å². The van der Waals surface area contributed by atoms with Crippen molar-refractivity contribution in [2.75, 3.05) is 0 Å². The molecular formula is C14H24O3. The van der Waals surface area contributed by atoms with Crippen molar-refractivity contribution in [1.29, 1.82) is 0 Å². The van der Waals surface area contributed by atoms with Crippen LogP contribution in [-0.4, -0.2) is 16.6 Å². The third-order valence-electron chi connectivity index (χ3n) is 2.74. The van der Waals surface area contributed by atoms with E-state index in [2.05, 4.69) is 38.6 Å². The van der Waals surface area contributed by atoms with Crippen LogP contribution in [-0.2, 0) is 0 Å². The molecule has 0 saturated carbocycles. The third kappa shape index (κ3) is 4.59. The largest absolute Gasteiger partial charge is 0.483 e. The minimum Gasteiger partial charge on any atom is -0.483 e. The van der Waals surface area contributed by atoms with E-state index in [0.29, 0.717) is 0 Å². The fourth-order valence-corrected chi connectivity index (χ4v) is 1.18. The molecule has 0 bridgehead atoms. The number of benzene rings is 1. The summed E-state index contributed by atoms with van der Waals surface area (Å²) >= 11 is 0. The predicted molar refractivity (Wildman–Crippen MR) is 72.7 cm³/mol. The van der Waals surface area contributed by atoms with Gasteiger partial charge in [-0.1, -0.05) is 18.7 Å². The van der Waals surface area contributed by atoms with Gasteiger partial charge in [0.1, 0.15) is 11.4 Å². The third-order valence-corrected chi connectivity index (χ3v) is 2.74. The Morgan fingerprint density at radius 1 is 1.18 bits per heavy atom. The molecule has 0 heterocycles. The van der Waals surface area contributed by atoms with Gasteiger partial charge in [-0.3, -0.25) is 0 Å². The molecule has 1 aromatic carbocycles. The van der Waals surface area contributed by atoms with Crippen LogP contribution in [0, 0.1) is 13.8 Å². The molecule has 3 nitrogen and oxygen atoms in total. The summed E-state index contributed by atoms with van der Waals surface area (Å²) in [5.41, 5.74) is 3.10. The Morgan fingerprint density at radius 3 is 2.18 bits per heavy atom. The van der Waals surface area contributed by atoms with Gasteiger partial charge >= 0.3 is 0 Å². The lowest BCUT2D eigenvalue weighted by atomic mass is 10.0. The molecule has 0 aliphatic carbocycles. The van der Waals surface area contributed by atoms with Crippen LogP contribution < -0.4 is 4.74 Å². The van der Waals surface area contributed by atoms with E-state index >= 15 is 0 Å². The Labute approximate surface area is 104 Å². The van der Waals surface area contributed by atoms with Crippen LogP contribution in [0.3, 0.4) is 0 Å². The SMILES string of the molecule is C=C(C)C(C)(C)Oc1cc(C)ccc1C.O.O. The highest BCUT2D eigenvalue weighted by molar-refractivity contribution is 5.37. The van der Waals surface area contributed by atoms with Crippen molar-refractivity contribution < 1.29 is 15.7 Å². The highest BCUT2D eigenvalue weighted by Gasteiger charge is 2.21. The molecule has 4 N–H and O–H groups in total. The Kier molecular flexibility index (Phi) is 6.82. The van der Waals surface area contributed by atoms with Crippen LogP contribution in [0.4, 0.5) is 0 Å². The zero-order valence-corrected chi connectivity index (χ0v) is 11.3. The first-order valence-electron chi connectivity index (χ1n) is 5.25. The molecule has 1 rings (SSSR count). The number of aryl methyl sites for hydroxylation is 2. The van der Waals surface area contributed by atoms with E-state index in [9.17, 15) is 0 Å². The molecule has 1 aromatic rings. The summed E-state index contributed by atoms with van der Waals surface area (Å²) in [6, 6.07) is 6.25.